The molecule has 0 fully saturated rings. The minimum atomic E-state index is -1.06. The Balaban J connectivity index is 2.66. The summed E-state index contributed by atoms with van der Waals surface area (Å²) in [6.07, 6.45) is 0. The summed E-state index contributed by atoms with van der Waals surface area (Å²) in [5.74, 6) is -1.06. The number of carbonyl (C=O) groups excluding carboxylic acids is 1. The summed E-state index contributed by atoms with van der Waals surface area (Å²) in [6.45, 7) is 0. The molecule has 76 valence electrons. The Morgan fingerprint density at radius 1 is 1.40 bits per heavy atom. The fourth-order valence-electron chi connectivity index (χ4n) is 1.22. The molecule has 1 aromatic heterocycles. The Bertz CT molecular complexity index is 560. The van der Waals surface area contributed by atoms with Crippen LogP contribution in [0.5, 0.6) is 0 Å². The number of fused-ring (bicyclic) bond motifs is 1. The fraction of sp³-hybridized carbons (Fsp3) is 0. The Morgan fingerprint density at radius 3 is 2.73 bits per heavy atom. The van der Waals surface area contributed by atoms with Gasteiger partial charge in [-0.3, -0.25) is 0 Å². The van der Waals surface area contributed by atoms with Gasteiger partial charge in [-0.1, -0.05) is 5.21 Å². The van der Waals surface area contributed by atoms with E-state index in [1.165, 1.54) is 18.2 Å². The minimum absolute atomic E-state index is 0.0824. The quantitative estimate of drug-likeness (QED) is 0.685. The van der Waals surface area contributed by atoms with Gasteiger partial charge in [0.1, 0.15) is 5.52 Å². The third kappa shape index (κ3) is 1.39. The summed E-state index contributed by atoms with van der Waals surface area (Å²) in [6, 6.07) is 3.35. The molecule has 0 aliphatic rings. The zero-order valence-electron chi connectivity index (χ0n) is 7.41. The number of nitrogens with zero attached hydrogens (tertiary/aromatic N) is 3. The van der Waals surface area contributed by atoms with Gasteiger partial charge in [0, 0.05) is 0 Å². The van der Waals surface area contributed by atoms with Crippen LogP contribution in [0.2, 0.25) is 0 Å². The number of carboxylic acid groups (broad SMARTS) is 1. The SMILES string of the molecule is NC(=O)n1nnc2cc(C(=O)O)ccc21. The molecular formula is C8H6N4O3. The van der Waals surface area contributed by atoms with Crippen LogP contribution in [0.4, 0.5) is 4.79 Å². The number of amides is 1. The number of aromatic nitrogens is 3. The molecule has 1 heterocycles. The van der Waals surface area contributed by atoms with Crippen LogP contribution < -0.4 is 5.73 Å². The van der Waals surface area contributed by atoms with E-state index in [0.717, 1.165) is 4.68 Å². The highest BCUT2D eigenvalue weighted by Crippen LogP contribution is 2.12. The minimum Gasteiger partial charge on any atom is -0.478 e. The van der Waals surface area contributed by atoms with Gasteiger partial charge in [0.15, 0.2) is 0 Å². The van der Waals surface area contributed by atoms with Crippen LogP contribution in [-0.2, 0) is 0 Å². The first kappa shape index (κ1) is 9.13. The van der Waals surface area contributed by atoms with Crippen LogP contribution in [0.25, 0.3) is 11.0 Å². The summed E-state index contributed by atoms with van der Waals surface area (Å²) in [5.41, 5.74) is 5.81. The summed E-state index contributed by atoms with van der Waals surface area (Å²) in [4.78, 5) is 21.5. The van der Waals surface area contributed by atoms with Crippen molar-refractivity contribution >= 4 is 23.0 Å². The number of rotatable bonds is 1. The molecule has 3 N–H and O–H groups in total. The number of primary amides is 1. The van der Waals surface area contributed by atoms with Gasteiger partial charge >= 0.3 is 12.0 Å². The van der Waals surface area contributed by atoms with E-state index >= 15 is 0 Å². The molecule has 0 saturated carbocycles. The number of nitrogens with two attached hydrogens (primary N) is 1. The second-order valence-electron chi connectivity index (χ2n) is 2.85. The van der Waals surface area contributed by atoms with Gasteiger partial charge < -0.3 is 10.8 Å². The van der Waals surface area contributed by atoms with Crippen molar-refractivity contribution in [2.75, 3.05) is 0 Å². The average Bonchev–Trinajstić information content (AvgIpc) is 2.59. The molecule has 1 aromatic carbocycles. The number of carbonyl (C=O) groups is 2. The van der Waals surface area contributed by atoms with Gasteiger partial charge in [0.25, 0.3) is 0 Å². The van der Waals surface area contributed by atoms with E-state index in [4.69, 9.17) is 10.8 Å². The van der Waals surface area contributed by atoms with Gasteiger partial charge in [0.05, 0.1) is 11.1 Å². The average molecular weight is 206 g/mol. The van der Waals surface area contributed by atoms with Crippen LogP contribution in [0.1, 0.15) is 10.4 Å². The molecule has 15 heavy (non-hydrogen) atoms. The van der Waals surface area contributed by atoms with Gasteiger partial charge in [-0.2, -0.15) is 4.68 Å². The van der Waals surface area contributed by atoms with E-state index in [2.05, 4.69) is 10.3 Å². The predicted octanol–water partition coefficient (Wildman–Crippen LogP) is 0.0563. The van der Waals surface area contributed by atoms with Crippen molar-refractivity contribution in [3.63, 3.8) is 0 Å². The molecule has 7 heteroatoms. The highest BCUT2D eigenvalue weighted by Gasteiger charge is 2.11. The maximum absolute atomic E-state index is 10.9. The number of benzene rings is 1. The van der Waals surface area contributed by atoms with Gasteiger partial charge in [-0.15, -0.1) is 5.10 Å². The third-order valence-electron chi connectivity index (χ3n) is 1.90. The van der Waals surface area contributed by atoms with Gasteiger partial charge in [-0.25, -0.2) is 9.59 Å². The zero-order valence-corrected chi connectivity index (χ0v) is 7.41. The molecule has 7 nitrogen and oxygen atoms in total. The van der Waals surface area contributed by atoms with Gasteiger partial charge in [0.2, 0.25) is 0 Å². The number of aromatic carboxylic acids is 1. The summed E-state index contributed by atoms with van der Waals surface area (Å²) >= 11 is 0. The second kappa shape index (κ2) is 3.05. The van der Waals surface area contributed by atoms with E-state index in [-0.39, 0.29) is 5.56 Å². The van der Waals surface area contributed by atoms with Crippen molar-refractivity contribution in [2.45, 2.75) is 0 Å². The first-order valence-electron chi connectivity index (χ1n) is 3.98. The molecule has 0 aliphatic carbocycles. The lowest BCUT2D eigenvalue weighted by Gasteiger charge is -1.95. The molecule has 0 bridgehead atoms. The Morgan fingerprint density at radius 2 is 2.13 bits per heavy atom. The van der Waals surface area contributed by atoms with E-state index < -0.39 is 12.0 Å². The molecule has 0 aliphatic heterocycles. The lowest BCUT2D eigenvalue weighted by Crippen LogP contribution is -2.20. The van der Waals surface area contributed by atoms with Crippen LogP contribution in [-0.4, -0.2) is 32.1 Å². The molecule has 2 rings (SSSR count). The molecule has 1 amide bonds. The van der Waals surface area contributed by atoms with E-state index in [1.807, 2.05) is 0 Å². The second-order valence-corrected chi connectivity index (χ2v) is 2.85. The molecule has 0 unspecified atom stereocenters. The van der Waals surface area contributed by atoms with Crippen molar-refractivity contribution < 1.29 is 14.7 Å². The van der Waals surface area contributed by atoms with Crippen molar-refractivity contribution in [1.82, 2.24) is 15.0 Å². The number of carboxylic acids is 1. The van der Waals surface area contributed by atoms with Crippen LogP contribution in [0, 0.1) is 0 Å². The monoisotopic (exact) mass is 206 g/mol. The summed E-state index contributed by atoms with van der Waals surface area (Å²) in [5, 5.41) is 15.8. The van der Waals surface area contributed by atoms with Crippen molar-refractivity contribution in [2.24, 2.45) is 5.73 Å². The van der Waals surface area contributed by atoms with Crippen LogP contribution in [0.3, 0.4) is 0 Å². The molecule has 0 saturated heterocycles. The molecule has 0 atom stereocenters. The lowest BCUT2D eigenvalue weighted by atomic mass is 10.2. The van der Waals surface area contributed by atoms with E-state index in [1.54, 1.807) is 0 Å². The first-order valence-corrected chi connectivity index (χ1v) is 3.98. The van der Waals surface area contributed by atoms with Crippen molar-refractivity contribution in [3.05, 3.63) is 23.8 Å². The highest BCUT2D eigenvalue weighted by molar-refractivity contribution is 5.94. The Kier molecular flexibility index (Phi) is 1.86. The number of hydrogen-bond acceptors (Lipinski definition) is 4. The maximum atomic E-state index is 10.9. The topological polar surface area (TPSA) is 111 Å². The highest BCUT2D eigenvalue weighted by atomic mass is 16.4. The molecule has 0 radical (unpaired) electrons. The maximum Gasteiger partial charge on any atom is 0.341 e. The van der Waals surface area contributed by atoms with Crippen molar-refractivity contribution in [3.8, 4) is 0 Å². The van der Waals surface area contributed by atoms with Crippen molar-refractivity contribution in [1.29, 1.82) is 0 Å². The van der Waals surface area contributed by atoms with E-state index in [0.29, 0.717) is 11.0 Å². The molecule has 0 spiro atoms. The summed E-state index contributed by atoms with van der Waals surface area (Å²) < 4.78 is 0.904. The third-order valence-corrected chi connectivity index (χ3v) is 1.90. The Hall–Kier alpha value is -2.44. The number of hydrogen-bond donors (Lipinski definition) is 2. The zero-order chi connectivity index (χ0) is 11.0. The fourth-order valence-corrected chi connectivity index (χ4v) is 1.22. The van der Waals surface area contributed by atoms with Gasteiger partial charge in [-0.05, 0) is 18.2 Å². The largest absolute Gasteiger partial charge is 0.478 e. The molecule has 2 aromatic rings. The normalized spacial score (nSPS) is 10.4. The molecular weight excluding hydrogens is 200 g/mol. The lowest BCUT2D eigenvalue weighted by molar-refractivity contribution is 0.0697. The van der Waals surface area contributed by atoms with E-state index in [9.17, 15) is 9.59 Å². The predicted molar refractivity (Wildman–Crippen MR) is 49.5 cm³/mol. The van der Waals surface area contributed by atoms with Crippen LogP contribution in [0.15, 0.2) is 18.2 Å². The first-order chi connectivity index (χ1) is 7.09. The standard InChI is InChI=1S/C8H6N4O3/c9-8(15)12-6-2-1-4(7(13)14)3-5(6)10-11-12/h1-3H,(H2,9,15)(H,13,14). The smallest absolute Gasteiger partial charge is 0.341 e. The summed E-state index contributed by atoms with van der Waals surface area (Å²) in [7, 11) is 0. The Labute approximate surface area is 83.1 Å². The van der Waals surface area contributed by atoms with Crippen LogP contribution >= 0.6 is 0 Å².